The van der Waals surface area contributed by atoms with Crippen LogP contribution >= 0.6 is 11.3 Å². The third kappa shape index (κ3) is 2.62. The van der Waals surface area contributed by atoms with Gasteiger partial charge in [0.25, 0.3) is 5.91 Å². The lowest BCUT2D eigenvalue weighted by Gasteiger charge is -2.16. The molecule has 1 aromatic heterocycles. The molecule has 94 valence electrons. The molecule has 1 unspecified atom stereocenters. The minimum atomic E-state index is -0.484. The molecule has 2 rings (SSSR count). The van der Waals surface area contributed by atoms with Crippen LogP contribution in [0.15, 0.2) is 35.0 Å². The van der Waals surface area contributed by atoms with Crippen LogP contribution in [0.5, 0.6) is 0 Å². The summed E-state index contributed by atoms with van der Waals surface area (Å²) in [6, 6.07) is 7.26. The van der Waals surface area contributed by atoms with Crippen LogP contribution in [-0.4, -0.2) is 5.91 Å². The molecule has 2 aromatic rings. The number of anilines is 2. The van der Waals surface area contributed by atoms with Crippen molar-refractivity contribution >= 4 is 28.6 Å². The number of thiophene rings is 1. The molecule has 0 spiro atoms. The number of amides is 1. The van der Waals surface area contributed by atoms with Gasteiger partial charge in [-0.25, -0.2) is 0 Å². The summed E-state index contributed by atoms with van der Waals surface area (Å²) in [6.07, 6.45) is 0. The number of carbonyl (C=O) groups excluding carboxylic acids is 1. The van der Waals surface area contributed by atoms with Crippen LogP contribution in [0.3, 0.4) is 0 Å². The first-order chi connectivity index (χ1) is 8.58. The Balaban J connectivity index is 2.26. The minimum absolute atomic E-state index is 0.109. The van der Waals surface area contributed by atoms with Crippen LogP contribution in [0.4, 0.5) is 11.4 Å². The molecule has 0 bridgehead atoms. The topological polar surface area (TPSA) is 81.1 Å². The van der Waals surface area contributed by atoms with Crippen LogP contribution in [0, 0.1) is 0 Å². The maximum Gasteiger partial charge on any atom is 0.250 e. The summed E-state index contributed by atoms with van der Waals surface area (Å²) in [5, 5.41) is 7.36. The second-order valence-corrected chi connectivity index (χ2v) is 4.87. The molecule has 1 amide bonds. The second-order valence-electron chi connectivity index (χ2n) is 4.09. The molecule has 0 radical (unpaired) electrons. The number of nitrogens with two attached hydrogens (primary N) is 2. The summed E-state index contributed by atoms with van der Waals surface area (Å²) in [7, 11) is 0. The molecule has 5 N–H and O–H groups in total. The van der Waals surface area contributed by atoms with Gasteiger partial charge >= 0.3 is 0 Å². The van der Waals surface area contributed by atoms with Crippen LogP contribution < -0.4 is 16.8 Å². The Hall–Kier alpha value is -2.01. The second kappa shape index (κ2) is 5.10. The van der Waals surface area contributed by atoms with Gasteiger partial charge < -0.3 is 16.8 Å². The van der Waals surface area contributed by atoms with E-state index in [4.69, 9.17) is 11.5 Å². The maximum absolute atomic E-state index is 11.4. The molecule has 0 aliphatic carbocycles. The Morgan fingerprint density at radius 3 is 2.78 bits per heavy atom. The van der Waals surface area contributed by atoms with Crippen molar-refractivity contribution in [2.24, 2.45) is 5.73 Å². The van der Waals surface area contributed by atoms with Crippen LogP contribution in [0.2, 0.25) is 0 Å². The van der Waals surface area contributed by atoms with Gasteiger partial charge in [0.15, 0.2) is 0 Å². The summed E-state index contributed by atoms with van der Waals surface area (Å²) in [4.78, 5) is 11.4. The maximum atomic E-state index is 11.4. The molecule has 0 aliphatic heterocycles. The molecular weight excluding hydrogens is 246 g/mol. The van der Waals surface area contributed by atoms with E-state index in [1.54, 1.807) is 29.5 Å². The van der Waals surface area contributed by atoms with E-state index in [1.807, 2.05) is 18.4 Å². The van der Waals surface area contributed by atoms with Gasteiger partial charge in [-0.15, -0.1) is 0 Å². The number of primary amides is 1. The average Bonchev–Trinajstić information content (AvgIpc) is 2.84. The van der Waals surface area contributed by atoms with E-state index < -0.39 is 5.91 Å². The third-order valence-corrected chi connectivity index (χ3v) is 3.43. The van der Waals surface area contributed by atoms with E-state index in [0.717, 1.165) is 0 Å². The minimum Gasteiger partial charge on any atom is -0.399 e. The molecule has 1 atom stereocenters. The number of hydrogen-bond donors (Lipinski definition) is 3. The highest BCUT2D eigenvalue weighted by Crippen LogP contribution is 2.25. The van der Waals surface area contributed by atoms with Gasteiger partial charge in [-0.2, -0.15) is 11.3 Å². The zero-order valence-electron chi connectivity index (χ0n) is 10.0. The third-order valence-electron chi connectivity index (χ3n) is 2.72. The Morgan fingerprint density at radius 1 is 1.39 bits per heavy atom. The van der Waals surface area contributed by atoms with Gasteiger partial charge in [0.05, 0.1) is 5.56 Å². The summed E-state index contributed by atoms with van der Waals surface area (Å²) in [5.41, 5.74) is 13.8. The Bertz CT molecular complexity index is 551. The fourth-order valence-corrected chi connectivity index (χ4v) is 2.48. The highest BCUT2D eigenvalue weighted by molar-refractivity contribution is 7.07. The largest absolute Gasteiger partial charge is 0.399 e. The number of benzene rings is 1. The zero-order valence-corrected chi connectivity index (χ0v) is 10.8. The molecule has 0 aliphatic rings. The summed E-state index contributed by atoms with van der Waals surface area (Å²) < 4.78 is 0. The van der Waals surface area contributed by atoms with Gasteiger partial charge in [0, 0.05) is 17.4 Å². The van der Waals surface area contributed by atoms with E-state index in [9.17, 15) is 4.79 Å². The van der Waals surface area contributed by atoms with Crippen molar-refractivity contribution in [1.29, 1.82) is 0 Å². The smallest absolute Gasteiger partial charge is 0.250 e. The molecule has 0 fully saturated rings. The van der Waals surface area contributed by atoms with E-state index in [1.165, 1.54) is 5.56 Å². The van der Waals surface area contributed by atoms with Gasteiger partial charge in [-0.1, -0.05) is 0 Å². The predicted molar refractivity (Wildman–Crippen MR) is 75.7 cm³/mol. The molecule has 4 nitrogen and oxygen atoms in total. The van der Waals surface area contributed by atoms with Crippen molar-refractivity contribution < 1.29 is 4.79 Å². The van der Waals surface area contributed by atoms with Crippen molar-refractivity contribution in [1.82, 2.24) is 0 Å². The molecule has 18 heavy (non-hydrogen) atoms. The predicted octanol–water partition coefficient (Wildman–Crippen LogP) is 2.60. The van der Waals surface area contributed by atoms with Crippen molar-refractivity contribution in [3.05, 3.63) is 46.2 Å². The normalized spacial score (nSPS) is 12.1. The van der Waals surface area contributed by atoms with Crippen molar-refractivity contribution in [3.8, 4) is 0 Å². The summed E-state index contributed by atoms with van der Waals surface area (Å²) >= 11 is 1.64. The number of carbonyl (C=O) groups is 1. The van der Waals surface area contributed by atoms with E-state index in [0.29, 0.717) is 16.9 Å². The number of hydrogen-bond acceptors (Lipinski definition) is 4. The quantitative estimate of drug-likeness (QED) is 0.740. The lowest BCUT2D eigenvalue weighted by molar-refractivity contribution is 0.100. The monoisotopic (exact) mass is 261 g/mol. The van der Waals surface area contributed by atoms with Gasteiger partial charge in [-0.05, 0) is 47.5 Å². The van der Waals surface area contributed by atoms with E-state index in [-0.39, 0.29) is 6.04 Å². The first kappa shape index (κ1) is 12.4. The van der Waals surface area contributed by atoms with Crippen molar-refractivity contribution in [2.45, 2.75) is 13.0 Å². The van der Waals surface area contributed by atoms with Gasteiger partial charge in [0.2, 0.25) is 0 Å². The zero-order chi connectivity index (χ0) is 13.1. The van der Waals surface area contributed by atoms with Crippen molar-refractivity contribution in [3.63, 3.8) is 0 Å². The lowest BCUT2D eigenvalue weighted by atomic mass is 10.1. The lowest BCUT2D eigenvalue weighted by Crippen LogP contribution is -2.16. The number of nitrogens with one attached hydrogen (secondary N) is 1. The molecule has 1 heterocycles. The fraction of sp³-hybridized carbons (Fsp3) is 0.154. The molecule has 1 aromatic carbocycles. The first-order valence-electron chi connectivity index (χ1n) is 5.56. The van der Waals surface area contributed by atoms with E-state index in [2.05, 4.69) is 10.7 Å². The Kier molecular flexibility index (Phi) is 3.53. The standard InChI is InChI=1S/C13H15N3OS/c1-8(9-4-5-18-7-9)16-12-3-2-10(14)6-11(12)13(15)17/h2-8,16H,14H2,1H3,(H2,15,17). The fourth-order valence-electron chi connectivity index (χ4n) is 1.73. The Labute approximate surface area is 110 Å². The first-order valence-corrected chi connectivity index (χ1v) is 6.50. The molecule has 0 saturated carbocycles. The van der Waals surface area contributed by atoms with Gasteiger partial charge in [-0.3, -0.25) is 4.79 Å². The molecule has 0 saturated heterocycles. The SMILES string of the molecule is CC(Nc1ccc(N)cc1C(N)=O)c1ccsc1. The molecule has 5 heteroatoms. The van der Waals surface area contributed by atoms with Crippen LogP contribution in [-0.2, 0) is 0 Å². The highest BCUT2D eigenvalue weighted by Gasteiger charge is 2.12. The van der Waals surface area contributed by atoms with Crippen molar-refractivity contribution in [2.75, 3.05) is 11.1 Å². The number of nitrogen functional groups attached to an aromatic ring is 1. The molecular formula is C13H15N3OS. The summed E-state index contributed by atoms with van der Waals surface area (Å²) in [5.74, 6) is -0.484. The van der Waals surface area contributed by atoms with Crippen LogP contribution in [0.1, 0.15) is 28.9 Å². The summed E-state index contributed by atoms with van der Waals surface area (Å²) in [6.45, 7) is 2.03. The van der Waals surface area contributed by atoms with Gasteiger partial charge in [0.1, 0.15) is 0 Å². The number of rotatable bonds is 4. The van der Waals surface area contributed by atoms with Crippen LogP contribution in [0.25, 0.3) is 0 Å². The van der Waals surface area contributed by atoms with E-state index >= 15 is 0 Å². The average molecular weight is 261 g/mol. The highest BCUT2D eigenvalue weighted by atomic mass is 32.1. The Morgan fingerprint density at radius 2 is 2.17 bits per heavy atom.